The third kappa shape index (κ3) is 5.36. The number of hydrogen-bond acceptors (Lipinski definition) is 8. The highest BCUT2D eigenvalue weighted by atomic mass is 32.2. The first-order chi connectivity index (χ1) is 16.0. The molecule has 2 amide bonds. The molecule has 33 heavy (non-hydrogen) atoms. The minimum absolute atomic E-state index is 0.0998. The molecule has 3 aromatic rings. The zero-order chi connectivity index (χ0) is 23.4. The average molecular weight is 487 g/mol. The normalized spacial score (nSPS) is 13.0. The van der Waals surface area contributed by atoms with Gasteiger partial charge in [-0.25, -0.2) is 4.68 Å². The van der Waals surface area contributed by atoms with Gasteiger partial charge in [-0.3, -0.25) is 9.59 Å². The van der Waals surface area contributed by atoms with Crippen LogP contribution < -0.4 is 15.4 Å². The van der Waals surface area contributed by atoms with Gasteiger partial charge in [0.2, 0.25) is 11.1 Å². The molecule has 0 radical (unpaired) electrons. The molecule has 0 saturated carbocycles. The van der Waals surface area contributed by atoms with Crippen LogP contribution in [0.4, 0.5) is 10.7 Å². The summed E-state index contributed by atoms with van der Waals surface area (Å²) in [6.45, 7) is 3.95. The number of hydrogen-bond donors (Lipinski definition) is 2. The predicted octanol–water partition coefficient (Wildman–Crippen LogP) is 4.19. The molecule has 1 aliphatic carbocycles. The molecule has 0 fully saturated rings. The summed E-state index contributed by atoms with van der Waals surface area (Å²) in [5.74, 6) is 0.450. The molecule has 2 aromatic heterocycles. The molecule has 2 N–H and O–H groups in total. The third-order valence-electron chi connectivity index (χ3n) is 5.28. The van der Waals surface area contributed by atoms with E-state index in [1.54, 1.807) is 36.1 Å². The van der Waals surface area contributed by atoms with Crippen molar-refractivity contribution in [2.45, 2.75) is 50.7 Å². The van der Waals surface area contributed by atoms with Crippen molar-refractivity contribution in [1.82, 2.24) is 20.2 Å². The number of thiophene rings is 1. The first kappa shape index (κ1) is 23.2. The van der Waals surface area contributed by atoms with Crippen molar-refractivity contribution in [3.05, 3.63) is 40.3 Å². The maximum atomic E-state index is 13.2. The zero-order valence-corrected chi connectivity index (χ0v) is 20.4. The van der Waals surface area contributed by atoms with Gasteiger partial charge in [0.15, 0.2) is 0 Å². The Morgan fingerprint density at radius 2 is 1.94 bits per heavy atom. The van der Waals surface area contributed by atoms with Crippen molar-refractivity contribution in [2.75, 3.05) is 23.5 Å². The highest BCUT2D eigenvalue weighted by Crippen LogP contribution is 2.38. The second-order valence-corrected chi connectivity index (χ2v) is 9.98. The maximum Gasteiger partial charge on any atom is 0.258 e. The molecule has 2 heterocycles. The van der Waals surface area contributed by atoms with E-state index < -0.39 is 0 Å². The smallest absolute Gasteiger partial charge is 0.258 e. The summed E-state index contributed by atoms with van der Waals surface area (Å²) in [7, 11) is 1.60. The molecular weight excluding hydrogens is 460 g/mol. The van der Waals surface area contributed by atoms with Crippen molar-refractivity contribution in [2.24, 2.45) is 0 Å². The van der Waals surface area contributed by atoms with Crippen molar-refractivity contribution in [3.8, 4) is 5.75 Å². The molecule has 0 unspecified atom stereocenters. The van der Waals surface area contributed by atoms with Gasteiger partial charge in [-0.2, -0.15) is 0 Å². The van der Waals surface area contributed by atoms with Gasteiger partial charge in [-0.05, 0) is 79.8 Å². The summed E-state index contributed by atoms with van der Waals surface area (Å²) < 4.78 is 6.86. The van der Waals surface area contributed by atoms with Crippen LogP contribution in [0.3, 0.4) is 0 Å². The van der Waals surface area contributed by atoms with Gasteiger partial charge in [0.05, 0.1) is 24.5 Å². The second kappa shape index (κ2) is 10.3. The Hall–Kier alpha value is -2.92. The van der Waals surface area contributed by atoms with Crippen LogP contribution in [0.5, 0.6) is 5.75 Å². The summed E-state index contributed by atoms with van der Waals surface area (Å²) in [6.07, 6.45) is 3.89. The van der Waals surface area contributed by atoms with Crippen LogP contribution in [-0.2, 0) is 17.6 Å². The number of fused-ring (bicyclic) bond motifs is 1. The number of carbonyl (C=O) groups is 2. The van der Waals surface area contributed by atoms with E-state index in [9.17, 15) is 9.59 Å². The van der Waals surface area contributed by atoms with E-state index in [1.807, 2.05) is 13.8 Å². The lowest BCUT2D eigenvalue weighted by molar-refractivity contribution is -0.113. The first-order valence-electron chi connectivity index (χ1n) is 10.8. The summed E-state index contributed by atoms with van der Waals surface area (Å²) >= 11 is 2.77. The van der Waals surface area contributed by atoms with Crippen LogP contribution >= 0.6 is 23.1 Å². The lowest BCUT2D eigenvalue weighted by Crippen LogP contribution is -2.19. The quantitative estimate of drug-likeness (QED) is 0.459. The Bertz CT molecular complexity index is 1140. The number of benzene rings is 1. The maximum absolute atomic E-state index is 13.2. The average Bonchev–Trinajstić information content (AvgIpc) is 3.42. The fourth-order valence-corrected chi connectivity index (χ4v) is 5.77. The van der Waals surface area contributed by atoms with Crippen molar-refractivity contribution >= 4 is 45.6 Å². The Morgan fingerprint density at radius 3 is 2.67 bits per heavy atom. The number of anilines is 2. The van der Waals surface area contributed by atoms with Crippen molar-refractivity contribution in [3.63, 3.8) is 0 Å². The second-order valence-electron chi connectivity index (χ2n) is 7.93. The number of aromatic nitrogens is 4. The summed E-state index contributed by atoms with van der Waals surface area (Å²) in [6, 6.07) is 7.28. The van der Waals surface area contributed by atoms with Gasteiger partial charge >= 0.3 is 0 Å². The van der Waals surface area contributed by atoms with E-state index in [4.69, 9.17) is 4.74 Å². The number of ether oxygens (including phenoxy) is 1. The Balaban J connectivity index is 1.50. The van der Waals surface area contributed by atoms with Crippen LogP contribution in [0.25, 0.3) is 0 Å². The SMILES string of the molecule is COc1ccc(NC(=O)c2c(NC(=O)CSc3nnnn3C(C)C)sc3c2CCCC3)cc1. The Labute approximate surface area is 200 Å². The standard InChI is InChI=1S/C22H26N6O3S2/c1-13(2)28-22(25-26-27-28)32-12-18(29)24-21-19(16-6-4-5-7-17(16)33-21)20(30)23-14-8-10-15(31-3)11-9-14/h8-11,13H,4-7,12H2,1-3H3,(H,23,30)(H,24,29). The van der Waals surface area contributed by atoms with Gasteiger partial charge < -0.3 is 15.4 Å². The fourth-order valence-electron chi connectivity index (χ4n) is 3.66. The number of aryl methyl sites for hydroxylation is 1. The van der Waals surface area contributed by atoms with E-state index in [0.717, 1.165) is 37.0 Å². The topological polar surface area (TPSA) is 111 Å². The summed E-state index contributed by atoms with van der Waals surface area (Å²) in [5.41, 5.74) is 2.28. The van der Waals surface area contributed by atoms with Gasteiger partial charge in [0.25, 0.3) is 5.91 Å². The predicted molar refractivity (Wildman–Crippen MR) is 129 cm³/mol. The number of tetrazole rings is 1. The number of nitrogens with one attached hydrogen (secondary N) is 2. The molecular formula is C22H26N6O3S2. The molecule has 0 spiro atoms. The summed E-state index contributed by atoms with van der Waals surface area (Å²) in [5, 5.41) is 18.7. The number of methoxy groups -OCH3 is 1. The lowest BCUT2D eigenvalue weighted by Gasteiger charge is -2.13. The van der Waals surface area contributed by atoms with Gasteiger partial charge in [0.1, 0.15) is 10.8 Å². The van der Waals surface area contributed by atoms with Crippen molar-refractivity contribution < 1.29 is 14.3 Å². The molecule has 0 saturated heterocycles. The van der Waals surface area contributed by atoms with Gasteiger partial charge in [-0.1, -0.05) is 11.8 Å². The number of thioether (sulfide) groups is 1. The van der Waals surface area contributed by atoms with Crippen LogP contribution in [0.15, 0.2) is 29.4 Å². The van der Waals surface area contributed by atoms with Crippen LogP contribution in [0.2, 0.25) is 0 Å². The van der Waals surface area contributed by atoms with Crippen LogP contribution in [0.1, 0.15) is 53.5 Å². The number of amides is 2. The summed E-state index contributed by atoms with van der Waals surface area (Å²) in [4.78, 5) is 27.2. The molecule has 0 atom stereocenters. The Morgan fingerprint density at radius 1 is 1.18 bits per heavy atom. The third-order valence-corrected chi connectivity index (χ3v) is 7.42. The van der Waals surface area contributed by atoms with E-state index in [0.29, 0.717) is 21.4 Å². The lowest BCUT2D eigenvalue weighted by atomic mass is 9.95. The van der Waals surface area contributed by atoms with E-state index in [-0.39, 0.29) is 23.6 Å². The molecule has 1 aliphatic rings. The first-order valence-corrected chi connectivity index (χ1v) is 12.6. The number of carbonyl (C=O) groups excluding carboxylic acids is 2. The van der Waals surface area contributed by atoms with Crippen molar-refractivity contribution in [1.29, 1.82) is 0 Å². The van der Waals surface area contributed by atoms with E-state index in [2.05, 4.69) is 26.2 Å². The highest BCUT2D eigenvalue weighted by molar-refractivity contribution is 7.99. The number of nitrogens with zero attached hydrogens (tertiary/aromatic N) is 4. The molecule has 0 aliphatic heterocycles. The van der Waals surface area contributed by atoms with Gasteiger partial charge in [-0.15, -0.1) is 16.4 Å². The molecule has 0 bridgehead atoms. The molecule has 9 nitrogen and oxygen atoms in total. The number of rotatable bonds is 8. The Kier molecular flexibility index (Phi) is 7.29. The minimum Gasteiger partial charge on any atom is -0.497 e. The zero-order valence-electron chi connectivity index (χ0n) is 18.8. The monoisotopic (exact) mass is 486 g/mol. The van der Waals surface area contributed by atoms with E-state index in [1.165, 1.54) is 28.0 Å². The highest BCUT2D eigenvalue weighted by Gasteiger charge is 2.26. The largest absolute Gasteiger partial charge is 0.497 e. The molecule has 1 aromatic carbocycles. The molecule has 174 valence electrons. The van der Waals surface area contributed by atoms with Gasteiger partial charge in [0, 0.05) is 10.6 Å². The molecule has 4 rings (SSSR count). The van der Waals surface area contributed by atoms with Crippen LogP contribution in [-0.4, -0.2) is 44.9 Å². The fraction of sp³-hybridized carbons (Fsp3) is 0.409. The van der Waals surface area contributed by atoms with Crippen LogP contribution in [0, 0.1) is 0 Å². The molecule has 11 heteroatoms. The minimum atomic E-state index is -0.216. The van der Waals surface area contributed by atoms with E-state index >= 15 is 0 Å².